The summed E-state index contributed by atoms with van der Waals surface area (Å²) in [5.41, 5.74) is 7.27. The Morgan fingerprint density at radius 2 is 2.18 bits per heavy atom. The van der Waals surface area contributed by atoms with Crippen LogP contribution < -0.4 is 15.8 Å². The summed E-state index contributed by atoms with van der Waals surface area (Å²) in [6, 6.07) is 4.03. The highest BCUT2D eigenvalue weighted by atomic mass is 32.2. The van der Waals surface area contributed by atoms with Crippen LogP contribution in [0.2, 0.25) is 0 Å². The summed E-state index contributed by atoms with van der Waals surface area (Å²) in [5, 5.41) is 11.7. The second kappa shape index (κ2) is 10.2. The molecule has 2 aliphatic rings. The number of hydrogen-bond donors (Lipinski definition) is 4. The van der Waals surface area contributed by atoms with E-state index in [-0.39, 0.29) is 11.4 Å². The van der Waals surface area contributed by atoms with Crippen molar-refractivity contribution in [3.8, 4) is 0 Å². The number of β-lactam (4-membered cyclic amide) rings is 1. The molecule has 1 unspecified atom stereocenters. The van der Waals surface area contributed by atoms with Gasteiger partial charge in [-0.15, -0.1) is 18.3 Å². The number of carbonyl (C=O) groups excluding carboxylic acids is 2. The second-order valence-corrected chi connectivity index (χ2v) is 11.3. The average molecular weight is 513 g/mol. The van der Waals surface area contributed by atoms with Crippen LogP contribution in [0.4, 0.5) is 5.69 Å². The molecular weight excluding hydrogens is 488 g/mol. The van der Waals surface area contributed by atoms with Gasteiger partial charge in [-0.1, -0.05) is 18.2 Å². The third kappa shape index (κ3) is 5.72. The smallest absolute Gasteiger partial charge is 0.352 e. The van der Waals surface area contributed by atoms with Crippen molar-refractivity contribution in [2.24, 2.45) is 5.73 Å². The zero-order valence-corrected chi connectivity index (χ0v) is 20.1. The molecule has 1 saturated heterocycles. The number of hydrogen-bond acceptors (Lipinski definition) is 8. The number of rotatable bonds is 10. The number of sulfonamides is 1. The van der Waals surface area contributed by atoms with Gasteiger partial charge in [-0.05, 0) is 23.3 Å². The number of carboxylic acid groups (broad SMARTS) is 1. The van der Waals surface area contributed by atoms with Crippen molar-refractivity contribution in [1.29, 1.82) is 0 Å². The van der Waals surface area contributed by atoms with Crippen LogP contribution in [0, 0.1) is 0 Å². The van der Waals surface area contributed by atoms with E-state index in [2.05, 4.69) is 16.6 Å². The number of nitrogens with one attached hydrogen (secondary N) is 2. The SMILES string of the molecule is C=CCSCC1=C(C(=O)O)N2C(=O)C(NC(=O)[C@H](N)c3cccc(NS(C)(=O)=O)c3)[C@H]2SC1. The van der Waals surface area contributed by atoms with Crippen LogP contribution in [0.25, 0.3) is 0 Å². The number of nitrogens with two attached hydrogens (primary N) is 1. The molecule has 1 fully saturated rings. The molecule has 0 radical (unpaired) electrons. The van der Waals surface area contributed by atoms with Gasteiger partial charge < -0.3 is 16.2 Å². The minimum Gasteiger partial charge on any atom is -0.477 e. The molecule has 0 aromatic heterocycles. The van der Waals surface area contributed by atoms with Crippen LogP contribution in [0.15, 0.2) is 48.2 Å². The number of thioether (sulfide) groups is 2. The Kier molecular flexibility index (Phi) is 7.77. The number of nitrogens with zero attached hydrogens (tertiary/aromatic N) is 1. The molecule has 1 aromatic rings. The first-order valence-corrected chi connectivity index (χ1v) is 13.9. The Hall–Kier alpha value is -2.48. The van der Waals surface area contributed by atoms with Crippen molar-refractivity contribution in [1.82, 2.24) is 10.2 Å². The molecule has 178 valence electrons. The quantitative estimate of drug-likeness (QED) is 0.201. The van der Waals surface area contributed by atoms with Gasteiger partial charge >= 0.3 is 5.97 Å². The molecule has 13 heteroatoms. The highest BCUT2D eigenvalue weighted by Gasteiger charge is 2.54. The van der Waals surface area contributed by atoms with Crippen LogP contribution in [-0.4, -0.2) is 71.1 Å². The molecule has 2 amide bonds. The summed E-state index contributed by atoms with van der Waals surface area (Å²) < 4.78 is 25.2. The number of carboxylic acids is 1. The fourth-order valence-electron chi connectivity index (χ4n) is 3.46. The summed E-state index contributed by atoms with van der Waals surface area (Å²) in [6.07, 6.45) is 2.73. The first-order valence-electron chi connectivity index (χ1n) is 9.76. The lowest BCUT2D eigenvalue weighted by Gasteiger charge is -2.49. The lowest BCUT2D eigenvalue weighted by Crippen LogP contribution is -2.71. The summed E-state index contributed by atoms with van der Waals surface area (Å²) in [7, 11) is -3.50. The van der Waals surface area contributed by atoms with Crippen molar-refractivity contribution >= 4 is 57.0 Å². The van der Waals surface area contributed by atoms with Gasteiger partial charge in [-0.3, -0.25) is 19.2 Å². The van der Waals surface area contributed by atoms with Crippen molar-refractivity contribution < 1.29 is 27.9 Å². The first kappa shape index (κ1) is 25.1. The number of anilines is 1. The number of benzene rings is 1. The molecule has 3 rings (SSSR count). The van der Waals surface area contributed by atoms with Crippen molar-refractivity contribution in [3.63, 3.8) is 0 Å². The molecule has 33 heavy (non-hydrogen) atoms. The van der Waals surface area contributed by atoms with Gasteiger partial charge in [0, 0.05) is 22.9 Å². The normalized spacial score (nSPS) is 21.0. The van der Waals surface area contributed by atoms with E-state index in [1.165, 1.54) is 40.6 Å². The standard InChI is InChI=1S/C20H24N4O6S3/c1-3-7-31-9-12-10-32-19-15(18(26)24(19)16(12)20(27)28)22-17(25)14(21)11-5-4-6-13(8-11)23-33(2,29)30/h3-6,8,14-15,19,23H,1,7,9-10,21H2,2H3,(H,22,25)(H,27,28)/t14-,15?,19-/m1/s1. The molecule has 0 spiro atoms. The van der Waals surface area contributed by atoms with Gasteiger partial charge in [0.25, 0.3) is 5.91 Å². The fraction of sp³-hybridized carbons (Fsp3) is 0.350. The molecule has 2 heterocycles. The predicted molar refractivity (Wildman–Crippen MR) is 129 cm³/mol. The topological polar surface area (TPSA) is 159 Å². The van der Waals surface area contributed by atoms with Gasteiger partial charge in [-0.25, -0.2) is 13.2 Å². The summed E-state index contributed by atoms with van der Waals surface area (Å²) in [5.74, 6) is -0.758. The highest BCUT2D eigenvalue weighted by Crippen LogP contribution is 2.41. The Morgan fingerprint density at radius 3 is 2.82 bits per heavy atom. The monoisotopic (exact) mass is 512 g/mol. The molecule has 0 saturated carbocycles. The predicted octanol–water partition coefficient (Wildman–Crippen LogP) is 0.716. The molecular formula is C20H24N4O6S3. The third-order valence-corrected chi connectivity index (χ3v) is 7.86. The van der Waals surface area contributed by atoms with Crippen molar-refractivity contribution in [2.45, 2.75) is 17.5 Å². The van der Waals surface area contributed by atoms with E-state index in [0.29, 0.717) is 28.4 Å². The molecule has 5 N–H and O–H groups in total. The first-order chi connectivity index (χ1) is 15.5. The molecule has 3 atom stereocenters. The number of fused-ring (bicyclic) bond motifs is 1. The highest BCUT2D eigenvalue weighted by molar-refractivity contribution is 8.01. The van der Waals surface area contributed by atoms with E-state index in [1.54, 1.807) is 18.2 Å². The zero-order chi connectivity index (χ0) is 24.3. The lowest BCUT2D eigenvalue weighted by molar-refractivity contribution is -0.150. The Bertz CT molecular complexity index is 1120. The van der Waals surface area contributed by atoms with E-state index in [0.717, 1.165) is 6.26 Å². The van der Waals surface area contributed by atoms with E-state index in [9.17, 15) is 27.9 Å². The van der Waals surface area contributed by atoms with Gasteiger partial charge in [0.2, 0.25) is 15.9 Å². The summed E-state index contributed by atoms with van der Waals surface area (Å²) >= 11 is 2.89. The molecule has 2 aliphatic heterocycles. The minimum absolute atomic E-state index is 0.0327. The maximum absolute atomic E-state index is 12.8. The van der Waals surface area contributed by atoms with Crippen molar-refractivity contribution in [2.75, 3.05) is 28.2 Å². The van der Waals surface area contributed by atoms with Gasteiger partial charge in [0.1, 0.15) is 23.2 Å². The van der Waals surface area contributed by atoms with Crippen LogP contribution in [0.1, 0.15) is 11.6 Å². The summed E-state index contributed by atoms with van der Waals surface area (Å²) in [6.45, 7) is 3.64. The van der Waals surface area contributed by atoms with Gasteiger partial charge in [-0.2, -0.15) is 11.8 Å². The van der Waals surface area contributed by atoms with Gasteiger partial charge in [0.15, 0.2) is 0 Å². The van der Waals surface area contributed by atoms with E-state index in [4.69, 9.17) is 5.73 Å². The van der Waals surface area contributed by atoms with E-state index < -0.39 is 45.3 Å². The summed E-state index contributed by atoms with van der Waals surface area (Å²) in [4.78, 5) is 38.5. The maximum atomic E-state index is 12.8. The van der Waals surface area contributed by atoms with Gasteiger partial charge in [0.05, 0.1) is 6.26 Å². The Balaban J connectivity index is 1.70. The minimum atomic E-state index is -3.50. The largest absolute Gasteiger partial charge is 0.477 e. The van der Waals surface area contributed by atoms with Crippen molar-refractivity contribution in [3.05, 3.63) is 53.8 Å². The van der Waals surface area contributed by atoms with Crippen LogP contribution in [-0.2, 0) is 24.4 Å². The Labute approximate surface area is 200 Å². The van der Waals surface area contributed by atoms with Crippen LogP contribution >= 0.6 is 23.5 Å². The fourth-order valence-corrected chi connectivity index (χ4v) is 6.26. The molecule has 0 bridgehead atoms. The number of amides is 2. The number of aliphatic carboxylic acids is 1. The zero-order valence-electron chi connectivity index (χ0n) is 17.7. The Morgan fingerprint density at radius 1 is 1.45 bits per heavy atom. The molecule has 1 aromatic carbocycles. The third-order valence-electron chi connectivity index (χ3n) is 4.89. The number of carbonyl (C=O) groups is 3. The lowest BCUT2D eigenvalue weighted by atomic mass is 10.0. The molecule has 0 aliphatic carbocycles. The van der Waals surface area contributed by atoms with E-state index in [1.807, 2.05) is 0 Å². The van der Waals surface area contributed by atoms with Crippen LogP contribution in [0.3, 0.4) is 0 Å². The molecule has 10 nitrogen and oxygen atoms in total. The second-order valence-electron chi connectivity index (χ2n) is 7.43. The van der Waals surface area contributed by atoms with Crippen LogP contribution in [0.5, 0.6) is 0 Å². The maximum Gasteiger partial charge on any atom is 0.352 e. The average Bonchev–Trinajstić information content (AvgIpc) is 2.75. The van der Waals surface area contributed by atoms with E-state index >= 15 is 0 Å².